The summed E-state index contributed by atoms with van der Waals surface area (Å²) in [7, 11) is 0. The lowest BCUT2D eigenvalue weighted by molar-refractivity contribution is 0.173. The molecule has 0 unspecified atom stereocenters. The van der Waals surface area contributed by atoms with E-state index in [0.717, 1.165) is 68.3 Å². The van der Waals surface area contributed by atoms with Crippen LogP contribution in [-0.2, 0) is 13.1 Å². The molecule has 0 fully saturated rings. The summed E-state index contributed by atoms with van der Waals surface area (Å²) >= 11 is 0. The zero-order valence-corrected chi connectivity index (χ0v) is 22.1. The summed E-state index contributed by atoms with van der Waals surface area (Å²) in [6.45, 7) is 11.9. The van der Waals surface area contributed by atoms with Gasteiger partial charge in [0.2, 0.25) is 13.6 Å². The van der Waals surface area contributed by atoms with Gasteiger partial charge in [0.15, 0.2) is 23.0 Å². The first-order valence-corrected chi connectivity index (χ1v) is 12.9. The maximum atomic E-state index is 5.60. The minimum Gasteiger partial charge on any atom is -0.454 e. The van der Waals surface area contributed by atoms with Crippen molar-refractivity contribution in [2.24, 2.45) is 0 Å². The average Bonchev–Trinajstić information content (AvgIpc) is 3.51. The molecule has 2 aliphatic heterocycles. The average molecular weight is 490 g/mol. The molecule has 192 valence electrons. The highest BCUT2D eigenvalue weighted by Crippen LogP contribution is 2.34. The van der Waals surface area contributed by atoms with E-state index in [2.05, 4.69) is 75.1 Å². The van der Waals surface area contributed by atoms with Crippen LogP contribution in [0.1, 0.15) is 64.5 Å². The van der Waals surface area contributed by atoms with Crippen molar-refractivity contribution in [1.82, 2.24) is 4.90 Å². The van der Waals surface area contributed by atoms with Crippen LogP contribution < -0.4 is 18.9 Å². The molecule has 0 N–H and O–H groups in total. The predicted octanol–water partition coefficient (Wildman–Crippen LogP) is 7.57. The SMILES string of the molecule is CC(C)=CCC/C(C)=C/CC/C(C)=C\CN(Cc1ccc2c(c1)OCO2)Cc1ccc2c(c1)OCO2. The van der Waals surface area contributed by atoms with Gasteiger partial charge in [-0.2, -0.15) is 0 Å². The lowest BCUT2D eigenvalue weighted by Gasteiger charge is -2.22. The molecule has 2 aromatic rings. The Hall–Kier alpha value is -3.18. The van der Waals surface area contributed by atoms with Crippen LogP contribution in [0.15, 0.2) is 71.3 Å². The van der Waals surface area contributed by atoms with Crippen molar-refractivity contribution in [1.29, 1.82) is 0 Å². The smallest absolute Gasteiger partial charge is 0.231 e. The van der Waals surface area contributed by atoms with Crippen molar-refractivity contribution >= 4 is 0 Å². The van der Waals surface area contributed by atoms with Crippen molar-refractivity contribution in [3.8, 4) is 23.0 Å². The standard InChI is InChI=1S/C31H39NO4/c1-23(2)7-5-8-24(3)9-6-10-25(4)15-16-32(19-26-11-13-28-30(17-26)35-21-33-28)20-27-12-14-29-31(18-27)36-22-34-29/h7,9,11-15,17-18H,5-6,8,10,16,19-22H2,1-4H3/b24-9+,25-15-. The number of benzene rings is 2. The Morgan fingerprint density at radius 1 is 0.667 bits per heavy atom. The van der Waals surface area contributed by atoms with Gasteiger partial charge in [-0.05, 0) is 88.8 Å². The summed E-state index contributed by atoms with van der Waals surface area (Å²) in [6.07, 6.45) is 11.5. The third-order valence-electron chi connectivity index (χ3n) is 6.51. The summed E-state index contributed by atoms with van der Waals surface area (Å²) in [5.41, 5.74) is 6.71. The second-order valence-electron chi connectivity index (χ2n) is 10.0. The molecule has 4 rings (SSSR count). The van der Waals surface area contributed by atoms with Gasteiger partial charge in [-0.15, -0.1) is 0 Å². The van der Waals surface area contributed by atoms with Crippen LogP contribution in [-0.4, -0.2) is 25.0 Å². The lowest BCUT2D eigenvalue weighted by Crippen LogP contribution is -2.23. The zero-order valence-electron chi connectivity index (χ0n) is 22.1. The van der Waals surface area contributed by atoms with E-state index >= 15 is 0 Å². The van der Waals surface area contributed by atoms with Gasteiger partial charge >= 0.3 is 0 Å². The molecule has 5 nitrogen and oxygen atoms in total. The van der Waals surface area contributed by atoms with Gasteiger partial charge < -0.3 is 18.9 Å². The van der Waals surface area contributed by atoms with Gasteiger partial charge in [0, 0.05) is 19.6 Å². The number of ether oxygens (including phenoxy) is 4. The molecule has 2 aromatic carbocycles. The Kier molecular flexibility index (Phi) is 9.12. The van der Waals surface area contributed by atoms with Crippen LogP contribution >= 0.6 is 0 Å². The molecular weight excluding hydrogens is 450 g/mol. The predicted molar refractivity (Wildman–Crippen MR) is 145 cm³/mol. The van der Waals surface area contributed by atoms with Gasteiger partial charge in [-0.25, -0.2) is 0 Å². The van der Waals surface area contributed by atoms with E-state index in [-0.39, 0.29) is 0 Å². The van der Waals surface area contributed by atoms with Gasteiger partial charge in [-0.3, -0.25) is 4.90 Å². The largest absolute Gasteiger partial charge is 0.454 e. The first-order valence-electron chi connectivity index (χ1n) is 12.9. The Morgan fingerprint density at radius 3 is 1.72 bits per heavy atom. The van der Waals surface area contributed by atoms with Crippen molar-refractivity contribution < 1.29 is 18.9 Å². The molecule has 0 amide bonds. The summed E-state index contributed by atoms with van der Waals surface area (Å²) in [6, 6.07) is 12.4. The molecule has 0 spiro atoms. The lowest BCUT2D eigenvalue weighted by atomic mass is 10.1. The van der Waals surface area contributed by atoms with Crippen molar-refractivity contribution in [2.75, 3.05) is 20.1 Å². The maximum absolute atomic E-state index is 5.60. The van der Waals surface area contributed by atoms with Crippen LogP contribution in [0.3, 0.4) is 0 Å². The van der Waals surface area contributed by atoms with Gasteiger partial charge in [0.1, 0.15) is 0 Å². The molecule has 0 aliphatic carbocycles. The molecule has 0 saturated carbocycles. The number of rotatable bonds is 12. The Labute approximate surface area is 216 Å². The fraction of sp³-hybridized carbons (Fsp3) is 0.419. The van der Waals surface area contributed by atoms with Crippen LogP contribution in [0.2, 0.25) is 0 Å². The highest BCUT2D eigenvalue weighted by atomic mass is 16.7. The van der Waals surface area contributed by atoms with E-state index in [9.17, 15) is 0 Å². The highest BCUT2D eigenvalue weighted by Gasteiger charge is 2.17. The Morgan fingerprint density at radius 2 is 1.17 bits per heavy atom. The van der Waals surface area contributed by atoms with Gasteiger partial charge in [-0.1, -0.05) is 47.1 Å². The monoisotopic (exact) mass is 489 g/mol. The number of hydrogen-bond donors (Lipinski definition) is 0. The molecular formula is C31H39NO4. The quantitative estimate of drug-likeness (QED) is 0.288. The number of allylic oxidation sites excluding steroid dienone is 5. The first-order chi connectivity index (χ1) is 17.5. The third kappa shape index (κ3) is 7.66. The highest BCUT2D eigenvalue weighted by molar-refractivity contribution is 5.45. The van der Waals surface area contributed by atoms with Gasteiger partial charge in [0.25, 0.3) is 0 Å². The molecule has 0 saturated heterocycles. The normalized spacial score (nSPS) is 14.5. The molecule has 0 radical (unpaired) electrons. The number of nitrogens with zero attached hydrogens (tertiary/aromatic N) is 1. The van der Waals surface area contributed by atoms with E-state index in [4.69, 9.17) is 18.9 Å². The second kappa shape index (κ2) is 12.7. The zero-order chi connectivity index (χ0) is 25.3. The summed E-state index contributed by atoms with van der Waals surface area (Å²) in [5, 5.41) is 0. The van der Waals surface area contributed by atoms with Crippen LogP contribution in [0.25, 0.3) is 0 Å². The van der Waals surface area contributed by atoms with Crippen molar-refractivity contribution in [3.05, 3.63) is 82.5 Å². The van der Waals surface area contributed by atoms with E-state index in [1.807, 2.05) is 12.1 Å². The Bertz CT molecular complexity index is 1070. The summed E-state index contributed by atoms with van der Waals surface area (Å²) in [4.78, 5) is 2.44. The second-order valence-corrected chi connectivity index (χ2v) is 10.0. The topological polar surface area (TPSA) is 40.2 Å². The number of hydrogen-bond acceptors (Lipinski definition) is 5. The minimum atomic E-state index is 0.296. The van der Waals surface area contributed by atoms with Crippen molar-refractivity contribution in [2.45, 2.75) is 66.5 Å². The fourth-order valence-corrected chi connectivity index (χ4v) is 4.40. The third-order valence-corrected chi connectivity index (χ3v) is 6.51. The summed E-state index contributed by atoms with van der Waals surface area (Å²) in [5.74, 6) is 3.30. The maximum Gasteiger partial charge on any atom is 0.231 e. The van der Waals surface area contributed by atoms with E-state index in [1.165, 1.54) is 27.8 Å². The van der Waals surface area contributed by atoms with E-state index in [1.54, 1.807) is 0 Å². The van der Waals surface area contributed by atoms with E-state index in [0.29, 0.717) is 13.6 Å². The van der Waals surface area contributed by atoms with Crippen LogP contribution in [0, 0.1) is 0 Å². The molecule has 2 heterocycles. The number of fused-ring (bicyclic) bond motifs is 2. The molecule has 0 bridgehead atoms. The molecule has 2 aliphatic rings. The summed E-state index contributed by atoms with van der Waals surface area (Å²) < 4.78 is 22.2. The minimum absolute atomic E-state index is 0.296. The van der Waals surface area contributed by atoms with Crippen LogP contribution in [0.5, 0.6) is 23.0 Å². The van der Waals surface area contributed by atoms with Crippen molar-refractivity contribution in [3.63, 3.8) is 0 Å². The van der Waals surface area contributed by atoms with Crippen LogP contribution in [0.4, 0.5) is 0 Å². The molecule has 0 atom stereocenters. The Balaban J connectivity index is 1.38. The molecule has 36 heavy (non-hydrogen) atoms. The van der Waals surface area contributed by atoms with E-state index < -0.39 is 0 Å². The first kappa shape index (κ1) is 25.9. The molecule has 0 aromatic heterocycles. The molecule has 5 heteroatoms. The fourth-order valence-electron chi connectivity index (χ4n) is 4.40. The van der Waals surface area contributed by atoms with Gasteiger partial charge in [0.05, 0.1) is 0 Å².